The predicted molar refractivity (Wildman–Crippen MR) is 78.6 cm³/mol. The van der Waals surface area contributed by atoms with Crippen LogP contribution in [0.4, 0.5) is 0 Å². The van der Waals surface area contributed by atoms with Gasteiger partial charge in [0.05, 0.1) is 12.1 Å². The van der Waals surface area contributed by atoms with Gasteiger partial charge < -0.3 is 10.0 Å². The molecule has 0 saturated carbocycles. The summed E-state index contributed by atoms with van der Waals surface area (Å²) in [5.74, 6) is -0.884. The Hall–Kier alpha value is -1.52. The molecule has 0 saturated heterocycles. The van der Waals surface area contributed by atoms with Crippen LogP contribution in [0.1, 0.15) is 12.1 Å². The Balaban J connectivity index is 1.95. The first-order valence-corrected chi connectivity index (χ1v) is 7.99. The zero-order chi connectivity index (χ0) is 15.2. The zero-order valence-electron chi connectivity index (χ0n) is 11.8. The number of carboxylic acid groups (broad SMARTS) is 1. The van der Waals surface area contributed by atoms with Crippen LogP contribution in [0.15, 0.2) is 14.9 Å². The molecular formula is C11H16N6O2S2. The van der Waals surface area contributed by atoms with Gasteiger partial charge in [-0.2, -0.15) is 0 Å². The van der Waals surface area contributed by atoms with Gasteiger partial charge in [-0.05, 0) is 49.2 Å². The maximum atomic E-state index is 10.6. The molecule has 2 aromatic heterocycles. The van der Waals surface area contributed by atoms with E-state index in [2.05, 4.69) is 25.4 Å². The van der Waals surface area contributed by atoms with E-state index in [1.54, 1.807) is 10.1 Å². The van der Waals surface area contributed by atoms with E-state index in [0.717, 1.165) is 23.8 Å². The summed E-state index contributed by atoms with van der Waals surface area (Å²) in [6.07, 6.45) is 0.887. The Morgan fingerprint density at radius 2 is 2.33 bits per heavy atom. The largest absolute Gasteiger partial charge is 0.481 e. The van der Waals surface area contributed by atoms with E-state index in [1.807, 2.05) is 14.1 Å². The van der Waals surface area contributed by atoms with Crippen molar-refractivity contribution in [3.05, 3.63) is 11.1 Å². The van der Waals surface area contributed by atoms with Gasteiger partial charge in [-0.3, -0.25) is 4.79 Å². The van der Waals surface area contributed by atoms with E-state index >= 15 is 0 Å². The van der Waals surface area contributed by atoms with Crippen molar-refractivity contribution in [2.24, 2.45) is 0 Å². The number of carbonyl (C=O) groups is 1. The fourth-order valence-corrected chi connectivity index (χ4v) is 3.33. The summed E-state index contributed by atoms with van der Waals surface area (Å²) in [5, 5.41) is 22.8. The highest BCUT2D eigenvalue weighted by atomic mass is 32.2. The SMILES string of the molecule is CN(C)CCCn1nnnc1Sc1nc(CC(=O)O)cs1. The van der Waals surface area contributed by atoms with Gasteiger partial charge in [0.15, 0.2) is 4.34 Å². The highest BCUT2D eigenvalue weighted by Gasteiger charge is 2.12. The van der Waals surface area contributed by atoms with E-state index < -0.39 is 5.97 Å². The van der Waals surface area contributed by atoms with Crippen LogP contribution in [-0.2, 0) is 17.8 Å². The molecule has 8 nitrogen and oxygen atoms in total. The predicted octanol–water partition coefficient (Wildman–Crippen LogP) is 0.860. The summed E-state index contributed by atoms with van der Waals surface area (Å²) in [6.45, 7) is 1.70. The van der Waals surface area contributed by atoms with Crippen LogP contribution >= 0.6 is 23.1 Å². The van der Waals surface area contributed by atoms with E-state index in [0.29, 0.717) is 10.9 Å². The number of nitrogens with zero attached hydrogens (tertiary/aromatic N) is 6. The first kappa shape index (κ1) is 15.9. The monoisotopic (exact) mass is 328 g/mol. The lowest BCUT2D eigenvalue weighted by Gasteiger charge is -2.08. The highest BCUT2D eigenvalue weighted by Crippen LogP contribution is 2.28. The standard InChI is InChI=1S/C11H16N6O2S2/c1-16(2)4-3-5-17-10(13-14-15-17)21-11-12-8(7-20-11)6-9(18)19/h7H,3-6H2,1-2H3,(H,18,19). The van der Waals surface area contributed by atoms with Crippen LogP contribution in [0, 0.1) is 0 Å². The fourth-order valence-electron chi connectivity index (χ4n) is 1.60. The minimum Gasteiger partial charge on any atom is -0.481 e. The van der Waals surface area contributed by atoms with Gasteiger partial charge in [0.1, 0.15) is 0 Å². The smallest absolute Gasteiger partial charge is 0.309 e. The van der Waals surface area contributed by atoms with Gasteiger partial charge in [-0.1, -0.05) is 0 Å². The van der Waals surface area contributed by atoms with Crippen molar-refractivity contribution in [1.29, 1.82) is 0 Å². The van der Waals surface area contributed by atoms with Crippen molar-refractivity contribution in [3.63, 3.8) is 0 Å². The summed E-state index contributed by atoms with van der Waals surface area (Å²) in [5.41, 5.74) is 0.557. The molecule has 0 amide bonds. The van der Waals surface area contributed by atoms with E-state index in [1.165, 1.54) is 23.1 Å². The lowest BCUT2D eigenvalue weighted by molar-refractivity contribution is -0.136. The Labute approximate surface area is 130 Å². The number of hydrogen-bond donors (Lipinski definition) is 1. The molecule has 114 valence electrons. The molecule has 10 heteroatoms. The first-order chi connectivity index (χ1) is 10.0. The molecule has 0 aromatic carbocycles. The quantitative estimate of drug-likeness (QED) is 0.762. The Bertz CT molecular complexity index is 597. The third kappa shape index (κ3) is 5.06. The second-order valence-electron chi connectivity index (χ2n) is 4.62. The molecule has 0 bridgehead atoms. The van der Waals surface area contributed by atoms with Crippen molar-refractivity contribution in [3.8, 4) is 0 Å². The second kappa shape index (κ2) is 7.48. The van der Waals surface area contributed by atoms with E-state index in [9.17, 15) is 4.79 Å². The molecule has 0 atom stereocenters. The topological polar surface area (TPSA) is 97.0 Å². The Morgan fingerprint density at radius 1 is 1.52 bits per heavy atom. The summed E-state index contributed by atoms with van der Waals surface area (Å²) in [6, 6.07) is 0. The summed E-state index contributed by atoms with van der Waals surface area (Å²) in [4.78, 5) is 17.0. The van der Waals surface area contributed by atoms with E-state index in [4.69, 9.17) is 5.11 Å². The summed E-state index contributed by atoms with van der Waals surface area (Å²) in [7, 11) is 4.05. The van der Waals surface area contributed by atoms with Gasteiger partial charge in [0, 0.05) is 11.9 Å². The van der Waals surface area contributed by atoms with Crippen molar-refractivity contribution in [1.82, 2.24) is 30.1 Å². The minimum absolute atomic E-state index is 0.0646. The number of tetrazole rings is 1. The molecule has 0 fully saturated rings. The summed E-state index contributed by atoms with van der Waals surface area (Å²) >= 11 is 2.75. The minimum atomic E-state index is -0.884. The van der Waals surface area contributed by atoms with Crippen molar-refractivity contribution >= 4 is 29.1 Å². The number of aromatic nitrogens is 5. The average Bonchev–Trinajstić information content (AvgIpc) is 2.99. The van der Waals surface area contributed by atoms with Crippen LogP contribution in [0.3, 0.4) is 0 Å². The van der Waals surface area contributed by atoms with Crippen molar-refractivity contribution < 1.29 is 9.90 Å². The van der Waals surface area contributed by atoms with Crippen LogP contribution < -0.4 is 0 Å². The number of aryl methyl sites for hydroxylation is 1. The molecule has 2 rings (SSSR count). The number of rotatable bonds is 8. The van der Waals surface area contributed by atoms with E-state index in [-0.39, 0.29) is 6.42 Å². The molecule has 0 radical (unpaired) electrons. The highest BCUT2D eigenvalue weighted by molar-refractivity contribution is 8.00. The normalized spacial score (nSPS) is 11.2. The van der Waals surface area contributed by atoms with Gasteiger partial charge >= 0.3 is 5.97 Å². The van der Waals surface area contributed by atoms with Crippen molar-refractivity contribution in [2.45, 2.75) is 28.9 Å². The van der Waals surface area contributed by atoms with Gasteiger partial charge in [0.2, 0.25) is 5.16 Å². The Kier molecular flexibility index (Phi) is 5.65. The summed E-state index contributed by atoms with van der Waals surface area (Å²) < 4.78 is 2.49. The fraction of sp³-hybridized carbons (Fsp3) is 0.545. The van der Waals surface area contributed by atoms with Crippen LogP contribution in [0.25, 0.3) is 0 Å². The first-order valence-electron chi connectivity index (χ1n) is 6.29. The maximum Gasteiger partial charge on any atom is 0.309 e. The maximum absolute atomic E-state index is 10.6. The molecular weight excluding hydrogens is 312 g/mol. The molecule has 0 aliphatic carbocycles. The van der Waals surface area contributed by atoms with Crippen LogP contribution in [0.5, 0.6) is 0 Å². The molecule has 21 heavy (non-hydrogen) atoms. The number of thiazole rings is 1. The molecule has 0 aliphatic rings. The molecule has 0 unspecified atom stereocenters. The lowest BCUT2D eigenvalue weighted by Crippen LogP contribution is -2.15. The average molecular weight is 328 g/mol. The molecule has 2 aromatic rings. The molecule has 2 heterocycles. The van der Waals surface area contributed by atoms with Crippen molar-refractivity contribution in [2.75, 3.05) is 20.6 Å². The molecule has 0 spiro atoms. The number of aliphatic carboxylic acids is 1. The van der Waals surface area contributed by atoms with Gasteiger partial charge in [-0.15, -0.1) is 16.4 Å². The van der Waals surface area contributed by atoms with Crippen LogP contribution in [0.2, 0.25) is 0 Å². The third-order valence-corrected chi connectivity index (χ3v) is 4.48. The Morgan fingerprint density at radius 3 is 3.05 bits per heavy atom. The number of hydrogen-bond acceptors (Lipinski definition) is 8. The van der Waals surface area contributed by atoms with Crippen LogP contribution in [-0.4, -0.2) is 61.8 Å². The second-order valence-corrected chi connectivity index (χ2v) is 6.69. The molecule has 1 N–H and O–H groups in total. The third-order valence-electron chi connectivity index (χ3n) is 2.52. The zero-order valence-corrected chi connectivity index (χ0v) is 13.4. The van der Waals surface area contributed by atoms with Gasteiger partial charge in [0.25, 0.3) is 0 Å². The molecule has 0 aliphatic heterocycles. The van der Waals surface area contributed by atoms with Gasteiger partial charge in [-0.25, -0.2) is 9.67 Å². The lowest BCUT2D eigenvalue weighted by atomic mass is 10.3. The number of carboxylic acids is 1.